The Hall–Kier alpha value is -0.340. The van der Waals surface area contributed by atoms with Crippen molar-refractivity contribution in [1.82, 2.24) is 5.32 Å². The van der Waals surface area contributed by atoms with Crippen LogP contribution in [0.25, 0.3) is 0 Å². The zero-order chi connectivity index (χ0) is 7.11. The number of aliphatic hydroxyl groups excluding tert-OH is 1. The summed E-state index contributed by atoms with van der Waals surface area (Å²) < 4.78 is 0. The van der Waals surface area contributed by atoms with E-state index in [9.17, 15) is 0 Å². The average molecular weight is 129 g/mol. The molecule has 0 fully saturated rings. The van der Waals surface area contributed by atoms with E-state index in [1.165, 1.54) is 0 Å². The number of hydrogen-bond donors (Lipinski definition) is 2. The van der Waals surface area contributed by atoms with E-state index in [-0.39, 0.29) is 6.61 Å². The fourth-order valence-electron chi connectivity index (χ4n) is 0.642. The van der Waals surface area contributed by atoms with Gasteiger partial charge in [-0.2, -0.15) is 0 Å². The molecule has 0 saturated heterocycles. The maximum atomic E-state index is 8.46. The Morgan fingerprint density at radius 2 is 2.33 bits per heavy atom. The molecule has 0 radical (unpaired) electrons. The van der Waals surface area contributed by atoms with Crippen LogP contribution in [-0.4, -0.2) is 24.8 Å². The smallest absolute Gasteiger partial charge is 0.0654 e. The van der Waals surface area contributed by atoms with Crippen molar-refractivity contribution in [3.8, 4) is 0 Å². The zero-order valence-electron chi connectivity index (χ0n) is 6.15. The third-order valence-electron chi connectivity index (χ3n) is 1.09. The number of hydrogen-bond acceptors (Lipinski definition) is 2. The van der Waals surface area contributed by atoms with Crippen LogP contribution >= 0.6 is 0 Å². The van der Waals surface area contributed by atoms with Crippen LogP contribution in [0.15, 0.2) is 11.6 Å². The number of rotatable bonds is 1. The van der Waals surface area contributed by atoms with Crippen molar-refractivity contribution in [3.05, 3.63) is 11.6 Å². The van der Waals surface area contributed by atoms with E-state index in [4.69, 9.17) is 5.11 Å². The largest absolute Gasteiger partial charge is 0.392 e. The highest BCUT2D eigenvalue weighted by atomic mass is 16.3. The maximum Gasteiger partial charge on any atom is 0.0654 e. The summed E-state index contributed by atoms with van der Waals surface area (Å²) in [5.41, 5.74) is 1.11. The summed E-state index contributed by atoms with van der Waals surface area (Å²) in [6.45, 7) is 6.01. The fraction of sp³-hybridized carbons (Fsp3) is 0.714. The molecule has 2 N–H and O–H groups in total. The maximum absolute atomic E-state index is 8.46. The van der Waals surface area contributed by atoms with Crippen LogP contribution in [0.3, 0.4) is 0 Å². The molecule has 54 valence electrons. The van der Waals surface area contributed by atoms with Crippen LogP contribution in [0.5, 0.6) is 0 Å². The predicted octanol–water partition coefficient (Wildman–Crippen LogP) is 0.534. The highest BCUT2D eigenvalue weighted by molar-refractivity contribution is 5.10. The van der Waals surface area contributed by atoms with Crippen LogP contribution in [0.1, 0.15) is 13.8 Å². The Morgan fingerprint density at radius 3 is 2.56 bits per heavy atom. The van der Waals surface area contributed by atoms with Gasteiger partial charge >= 0.3 is 0 Å². The van der Waals surface area contributed by atoms with Crippen molar-refractivity contribution in [1.29, 1.82) is 0 Å². The molecule has 2 heteroatoms. The minimum absolute atomic E-state index is 0.215. The van der Waals surface area contributed by atoms with Crippen molar-refractivity contribution < 1.29 is 5.11 Å². The van der Waals surface area contributed by atoms with Crippen LogP contribution in [0, 0.1) is 0 Å². The third kappa shape index (κ3) is 3.27. The SMILES string of the molecule is CC.OCC1=CCNC1. The highest BCUT2D eigenvalue weighted by Gasteiger charge is 1.98. The van der Waals surface area contributed by atoms with E-state index >= 15 is 0 Å². The summed E-state index contributed by atoms with van der Waals surface area (Å²) >= 11 is 0. The van der Waals surface area contributed by atoms with Gasteiger partial charge in [0.1, 0.15) is 0 Å². The van der Waals surface area contributed by atoms with Gasteiger partial charge in [-0.25, -0.2) is 0 Å². The number of aliphatic hydroxyl groups is 1. The van der Waals surface area contributed by atoms with Crippen molar-refractivity contribution in [2.24, 2.45) is 0 Å². The second kappa shape index (κ2) is 5.79. The van der Waals surface area contributed by atoms with Crippen LogP contribution in [0.2, 0.25) is 0 Å². The fourth-order valence-corrected chi connectivity index (χ4v) is 0.642. The molecule has 0 aromatic carbocycles. The Bertz CT molecular complexity index is 88.9. The molecule has 1 aliphatic rings. The van der Waals surface area contributed by atoms with E-state index in [0.29, 0.717) is 0 Å². The Morgan fingerprint density at radius 1 is 1.67 bits per heavy atom. The first-order valence-electron chi connectivity index (χ1n) is 3.43. The molecule has 0 aromatic heterocycles. The first kappa shape index (κ1) is 8.66. The van der Waals surface area contributed by atoms with Gasteiger partial charge in [0.05, 0.1) is 6.61 Å². The van der Waals surface area contributed by atoms with E-state index in [1.807, 2.05) is 19.9 Å². The lowest BCUT2D eigenvalue weighted by Crippen LogP contribution is -2.08. The van der Waals surface area contributed by atoms with E-state index < -0.39 is 0 Å². The van der Waals surface area contributed by atoms with Crippen molar-refractivity contribution in [3.63, 3.8) is 0 Å². The molecule has 2 nitrogen and oxygen atoms in total. The molecule has 9 heavy (non-hydrogen) atoms. The van der Waals surface area contributed by atoms with Gasteiger partial charge in [0.25, 0.3) is 0 Å². The summed E-state index contributed by atoms with van der Waals surface area (Å²) in [5, 5.41) is 11.5. The van der Waals surface area contributed by atoms with Gasteiger partial charge < -0.3 is 10.4 Å². The Balaban J connectivity index is 0.000000291. The van der Waals surface area contributed by atoms with Gasteiger partial charge in [-0.3, -0.25) is 0 Å². The predicted molar refractivity (Wildman–Crippen MR) is 39.4 cm³/mol. The lowest BCUT2D eigenvalue weighted by atomic mass is 10.3. The summed E-state index contributed by atoms with van der Waals surface area (Å²) in [6, 6.07) is 0. The first-order chi connectivity index (χ1) is 4.43. The standard InChI is InChI=1S/C5H9NO.C2H6/c7-4-5-1-2-6-3-5;1-2/h1,6-7H,2-4H2;1-2H3. The second-order valence-electron chi connectivity index (χ2n) is 1.65. The van der Waals surface area contributed by atoms with Crippen molar-refractivity contribution in [2.45, 2.75) is 13.8 Å². The van der Waals surface area contributed by atoms with Gasteiger partial charge in [0, 0.05) is 13.1 Å². The first-order valence-corrected chi connectivity index (χ1v) is 3.43. The second-order valence-corrected chi connectivity index (χ2v) is 1.65. The lowest BCUT2D eigenvalue weighted by molar-refractivity contribution is 0.330. The van der Waals surface area contributed by atoms with Gasteiger partial charge in [0.2, 0.25) is 0 Å². The summed E-state index contributed by atoms with van der Waals surface area (Å²) in [6.07, 6.45) is 2.01. The van der Waals surface area contributed by atoms with Gasteiger partial charge in [0.15, 0.2) is 0 Å². The van der Waals surface area contributed by atoms with Crippen molar-refractivity contribution in [2.75, 3.05) is 19.7 Å². The summed E-state index contributed by atoms with van der Waals surface area (Å²) in [4.78, 5) is 0. The average Bonchev–Trinajstić information content (AvgIpc) is 2.43. The molecule has 0 amide bonds. The minimum atomic E-state index is 0.215. The lowest BCUT2D eigenvalue weighted by Gasteiger charge is -1.89. The molecule has 1 rings (SSSR count). The number of nitrogens with one attached hydrogen (secondary N) is 1. The minimum Gasteiger partial charge on any atom is -0.392 e. The molecule has 0 unspecified atom stereocenters. The molecule has 0 saturated carbocycles. The normalized spacial score (nSPS) is 16.1. The van der Waals surface area contributed by atoms with Crippen LogP contribution in [-0.2, 0) is 0 Å². The monoisotopic (exact) mass is 129 g/mol. The Kier molecular flexibility index (Phi) is 5.57. The van der Waals surface area contributed by atoms with Crippen LogP contribution < -0.4 is 5.32 Å². The zero-order valence-corrected chi connectivity index (χ0v) is 6.15. The summed E-state index contributed by atoms with van der Waals surface area (Å²) in [5.74, 6) is 0. The molecule has 0 atom stereocenters. The summed E-state index contributed by atoms with van der Waals surface area (Å²) in [7, 11) is 0. The molecule has 0 spiro atoms. The van der Waals surface area contributed by atoms with Gasteiger partial charge in [-0.15, -0.1) is 0 Å². The van der Waals surface area contributed by atoms with Gasteiger partial charge in [-0.1, -0.05) is 19.9 Å². The Labute approximate surface area is 56.6 Å². The van der Waals surface area contributed by atoms with E-state index in [2.05, 4.69) is 5.32 Å². The van der Waals surface area contributed by atoms with Crippen molar-refractivity contribution >= 4 is 0 Å². The molecular weight excluding hydrogens is 114 g/mol. The van der Waals surface area contributed by atoms with Crippen LogP contribution in [0.4, 0.5) is 0 Å². The molecule has 1 aliphatic heterocycles. The van der Waals surface area contributed by atoms with E-state index in [1.54, 1.807) is 0 Å². The molecule has 1 heterocycles. The highest BCUT2D eigenvalue weighted by Crippen LogP contribution is 1.94. The quantitative estimate of drug-likeness (QED) is 0.506. The molecule has 0 aromatic rings. The topological polar surface area (TPSA) is 32.3 Å². The third-order valence-corrected chi connectivity index (χ3v) is 1.09. The molecular formula is C7H15NO. The molecule has 0 bridgehead atoms. The molecule has 0 aliphatic carbocycles. The van der Waals surface area contributed by atoms with E-state index in [0.717, 1.165) is 18.7 Å². The van der Waals surface area contributed by atoms with Gasteiger partial charge in [-0.05, 0) is 5.57 Å².